The summed E-state index contributed by atoms with van der Waals surface area (Å²) in [5.74, 6) is -0.358. The van der Waals surface area contributed by atoms with Crippen LogP contribution in [0.3, 0.4) is 0 Å². The summed E-state index contributed by atoms with van der Waals surface area (Å²) in [5.41, 5.74) is 0.615. The second-order valence-electron chi connectivity index (χ2n) is 10.7. The van der Waals surface area contributed by atoms with Gasteiger partial charge in [0, 0.05) is 29.0 Å². The van der Waals surface area contributed by atoms with E-state index in [0.29, 0.717) is 22.0 Å². The first-order valence-corrected chi connectivity index (χ1v) is 18.2. The van der Waals surface area contributed by atoms with Gasteiger partial charge in [-0.15, -0.1) is 23.1 Å². The minimum atomic E-state index is -4.06. The number of hydrogen-bond donors (Lipinski definition) is 0. The van der Waals surface area contributed by atoms with Crippen LogP contribution in [-0.2, 0) is 26.0 Å². The van der Waals surface area contributed by atoms with Crippen molar-refractivity contribution in [1.29, 1.82) is 0 Å². The number of thiophene rings is 1. The van der Waals surface area contributed by atoms with E-state index in [2.05, 4.69) is 4.74 Å². The second kappa shape index (κ2) is 13.7. The summed E-state index contributed by atoms with van der Waals surface area (Å²) < 4.78 is 72.8. The second-order valence-corrected chi connectivity index (χ2v) is 15.9. The molecule has 1 saturated carbocycles. The molecule has 9 nitrogen and oxygen atoms in total. The maximum Gasteiger partial charge on any atom is 0.387 e. The standard InChI is InChI=1S/C30H26Cl2F2N2O7S3/c31-21-14-35(38)15-22(32)20(21)13-24(18-7-8-23(43-30(33)34)25(11-18)41-16-17-5-6-17)42-29(37)28-36(9-10-44-28)46(39,40)27-12-19-3-1-2-4-26(19)45-27/h1-4,7-8,11-12,14-15,17,24,28,30H,5-6,9-10,13,16H2/t24-,28-/m0/s1. The predicted octanol–water partition coefficient (Wildman–Crippen LogP) is 6.82. The van der Waals surface area contributed by atoms with Crippen LogP contribution in [0, 0.1) is 11.1 Å². The highest BCUT2D eigenvalue weighted by molar-refractivity contribution is 8.02. The predicted molar refractivity (Wildman–Crippen MR) is 171 cm³/mol. The zero-order chi connectivity index (χ0) is 32.6. The summed E-state index contributed by atoms with van der Waals surface area (Å²) in [6, 6.07) is 13.0. The minimum Gasteiger partial charge on any atom is -0.619 e. The normalized spacial score (nSPS) is 17.8. The maximum atomic E-state index is 13.8. The fourth-order valence-corrected chi connectivity index (χ4v) is 10.1. The summed E-state index contributed by atoms with van der Waals surface area (Å²) >= 11 is 14.9. The number of pyridine rings is 1. The minimum absolute atomic E-state index is 0.00983. The molecule has 2 atom stereocenters. The molecule has 0 N–H and O–H groups in total. The van der Waals surface area contributed by atoms with Gasteiger partial charge in [-0.3, -0.25) is 0 Å². The summed E-state index contributed by atoms with van der Waals surface area (Å²) in [4.78, 5) is 13.8. The van der Waals surface area contributed by atoms with Gasteiger partial charge in [0.25, 0.3) is 10.0 Å². The van der Waals surface area contributed by atoms with Gasteiger partial charge in [-0.1, -0.05) is 47.5 Å². The average molecular weight is 732 g/mol. The van der Waals surface area contributed by atoms with E-state index in [4.69, 9.17) is 32.7 Å². The third-order valence-electron chi connectivity index (χ3n) is 7.45. The van der Waals surface area contributed by atoms with Gasteiger partial charge >= 0.3 is 12.6 Å². The van der Waals surface area contributed by atoms with E-state index >= 15 is 0 Å². The molecule has 1 saturated heterocycles. The molecule has 16 heteroatoms. The van der Waals surface area contributed by atoms with Crippen LogP contribution in [-0.4, -0.2) is 49.6 Å². The molecule has 2 fully saturated rings. The van der Waals surface area contributed by atoms with Crippen molar-refractivity contribution in [1.82, 2.24) is 4.31 Å². The molecule has 0 bridgehead atoms. The molecule has 2 aromatic carbocycles. The number of carbonyl (C=O) groups excluding carboxylic acids is 1. The largest absolute Gasteiger partial charge is 0.619 e. The Morgan fingerprint density at radius 2 is 1.83 bits per heavy atom. The summed E-state index contributed by atoms with van der Waals surface area (Å²) in [6.07, 6.45) is 2.84. The number of thioether (sulfide) groups is 1. The van der Waals surface area contributed by atoms with Crippen LogP contribution >= 0.6 is 46.3 Å². The lowest BCUT2D eigenvalue weighted by Gasteiger charge is -2.25. The fourth-order valence-electron chi connectivity index (χ4n) is 4.95. The van der Waals surface area contributed by atoms with E-state index in [0.717, 1.165) is 62.7 Å². The average Bonchev–Trinajstić information content (AvgIpc) is 3.50. The summed E-state index contributed by atoms with van der Waals surface area (Å²) in [6.45, 7) is -2.72. The monoisotopic (exact) mass is 730 g/mol. The van der Waals surface area contributed by atoms with E-state index in [1.807, 2.05) is 24.3 Å². The van der Waals surface area contributed by atoms with E-state index in [9.17, 15) is 27.2 Å². The van der Waals surface area contributed by atoms with Crippen LogP contribution < -0.4 is 14.2 Å². The van der Waals surface area contributed by atoms with Crippen molar-refractivity contribution < 1.29 is 40.9 Å². The topological polar surface area (TPSA) is 109 Å². The van der Waals surface area contributed by atoms with Crippen LogP contribution in [0.25, 0.3) is 10.1 Å². The Kier molecular flexibility index (Phi) is 9.83. The van der Waals surface area contributed by atoms with Crippen molar-refractivity contribution in [3.05, 3.63) is 87.3 Å². The van der Waals surface area contributed by atoms with Crippen LogP contribution in [0.4, 0.5) is 8.78 Å². The number of nitrogens with zero attached hydrogens (tertiary/aromatic N) is 2. The Morgan fingerprint density at radius 3 is 2.52 bits per heavy atom. The van der Waals surface area contributed by atoms with Crippen molar-refractivity contribution in [2.24, 2.45) is 5.92 Å². The molecule has 0 radical (unpaired) electrons. The fraction of sp³-hybridized carbons (Fsp3) is 0.333. The van der Waals surface area contributed by atoms with Gasteiger partial charge in [0.05, 0.1) is 6.61 Å². The van der Waals surface area contributed by atoms with E-state index in [1.165, 1.54) is 18.2 Å². The first-order valence-electron chi connectivity index (χ1n) is 14.1. The summed E-state index contributed by atoms with van der Waals surface area (Å²) in [5, 5.41) is 11.5. The van der Waals surface area contributed by atoms with Gasteiger partial charge in [0.2, 0.25) is 0 Å². The van der Waals surface area contributed by atoms with Gasteiger partial charge in [-0.05, 0) is 54.0 Å². The Hall–Kier alpha value is -2.88. The van der Waals surface area contributed by atoms with Gasteiger partial charge in [0.1, 0.15) is 20.4 Å². The molecule has 244 valence electrons. The number of rotatable bonds is 12. The Labute approximate surface area is 281 Å². The first kappa shape index (κ1) is 33.0. The highest BCUT2D eigenvalue weighted by Crippen LogP contribution is 2.40. The molecule has 4 aromatic rings. The van der Waals surface area contributed by atoms with Crippen molar-refractivity contribution in [2.75, 3.05) is 18.9 Å². The van der Waals surface area contributed by atoms with Crippen molar-refractivity contribution in [3.8, 4) is 11.5 Å². The quantitative estimate of drug-likeness (QED) is 0.0888. The molecular weight excluding hydrogens is 705 g/mol. The number of esters is 1. The molecule has 2 aliphatic rings. The molecule has 0 amide bonds. The lowest BCUT2D eigenvalue weighted by atomic mass is 10.0. The third kappa shape index (κ3) is 7.32. The zero-order valence-electron chi connectivity index (χ0n) is 23.8. The number of carbonyl (C=O) groups is 1. The number of halogens is 4. The molecule has 1 aliphatic carbocycles. The smallest absolute Gasteiger partial charge is 0.387 e. The number of fused-ring (bicyclic) bond motifs is 1. The lowest BCUT2D eigenvalue weighted by molar-refractivity contribution is -0.605. The number of benzene rings is 2. The maximum absolute atomic E-state index is 13.8. The zero-order valence-corrected chi connectivity index (χ0v) is 27.8. The van der Waals surface area contributed by atoms with E-state index in [-0.39, 0.29) is 50.9 Å². The van der Waals surface area contributed by atoms with E-state index < -0.39 is 34.1 Å². The third-order valence-corrected chi connectivity index (χ3v) is 12.8. The van der Waals surface area contributed by atoms with Crippen LogP contribution in [0.1, 0.15) is 30.1 Å². The SMILES string of the molecule is O=C(O[C@@H](Cc1c(Cl)c[n+]([O-])cc1Cl)c1ccc(OC(F)F)c(OCC2CC2)c1)[C@@H]1SCCN1S(=O)(=O)c1cc2ccccc2s1. The molecular formula is C30H26Cl2F2N2O7S3. The number of hydrogen-bond acceptors (Lipinski definition) is 9. The lowest BCUT2D eigenvalue weighted by Crippen LogP contribution is -2.40. The highest BCUT2D eigenvalue weighted by atomic mass is 35.5. The molecule has 46 heavy (non-hydrogen) atoms. The van der Waals surface area contributed by atoms with E-state index in [1.54, 1.807) is 6.07 Å². The van der Waals surface area contributed by atoms with Gasteiger partial charge in [0.15, 0.2) is 29.3 Å². The summed E-state index contributed by atoms with van der Waals surface area (Å²) in [7, 11) is -4.06. The number of sulfonamides is 1. The molecule has 3 heterocycles. The van der Waals surface area contributed by atoms with Crippen LogP contribution in [0.15, 0.2) is 65.1 Å². The van der Waals surface area contributed by atoms with Crippen LogP contribution in [0.2, 0.25) is 10.0 Å². The van der Waals surface area contributed by atoms with Crippen molar-refractivity contribution >= 4 is 72.4 Å². The molecule has 6 rings (SSSR count). The van der Waals surface area contributed by atoms with Crippen LogP contribution in [0.5, 0.6) is 11.5 Å². The molecule has 1 aliphatic heterocycles. The Balaban J connectivity index is 1.32. The molecule has 0 unspecified atom stereocenters. The Bertz CT molecular complexity index is 1820. The highest BCUT2D eigenvalue weighted by Gasteiger charge is 2.43. The van der Waals surface area contributed by atoms with Crippen molar-refractivity contribution in [2.45, 2.75) is 41.6 Å². The Morgan fingerprint density at radius 1 is 1.09 bits per heavy atom. The van der Waals surface area contributed by atoms with Crippen molar-refractivity contribution in [3.63, 3.8) is 0 Å². The number of ether oxygens (including phenoxy) is 3. The van der Waals surface area contributed by atoms with Gasteiger partial charge < -0.3 is 19.4 Å². The number of alkyl halides is 2. The first-order chi connectivity index (χ1) is 22.0. The van der Waals surface area contributed by atoms with Gasteiger partial charge in [-0.25, -0.2) is 13.2 Å². The number of aromatic nitrogens is 1. The molecule has 2 aromatic heterocycles. The molecule has 0 spiro atoms. The van der Waals surface area contributed by atoms with Gasteiger partial charge in [-0.2, -0.15) is 17.8 Å².